The molecule has 0 radical (unpaired) electrons. The van der Waals surface area contributed by atoms with E-state index in [-0.39, 0.29) is 0 Å². The standard InChI is InChI=1S/C7H17OP/c1-3-5-6-7-9(8)4-2/h9H,3-7H2,1-2H3. The molecule has 1 nitrogen and oxygen atoms in total. The molecule has 0 aliphatic rings. The van der Waals surface area contributed by atoms with Crippen LogP contribution >= 0.6 is 7.80 Å². The van der Waals surface area contributed by atoms with E-state index in [9.17, 15) is 4.57 Å². The van der Waals surface area contributed by atoms with E-state index in [2.05, 4.69) is 6.92 Å². The number of hydrogen-bond donors (Lipinski definition) is 0. The molecule has 0 aliphatic carbocycles. The van der Waals surface area contributed by atoms with Crippen molar-refractivity contribution in [1.29, 1.82) is 0 Å². The molecule has 1 atom stereocenters. The number of hydrogen-bond acceptors (Lipinski definition) is 1. The second-order valence-corrected chi connectivity index (χ2v) is 4.63. The summed E-state index contributed by atoms with van der Waals surface area (Å²) < 4.78 is 10.9. The Labute approximate surface area is 58.6 Å². The van der Waals surface area contributed by atoms with Gasteiger partial charge in [-0.2, -0.15) is 0 Å². The van der Waals surface area contributed by atoms with Crippen molar-refractivity contribution in [1.82, 2.24) is 0 Å². The molecule has 0 saturated carbocycles. The first-order valence-electron chi connectivity index (χ1n) is 3.83. The fourth-order valence-corrected chi connectivity index (χ4v) is 1.75. The lowest BCUT2D eigenvalue weighted by molar-refractivity contribution is 0.585. The van der Waals surface area contributed by atoms with Crippen LogP contribution in [0.15, 0.2) is 0 Å². The lowest BCUT2D eigenvalue weighted by atomic mass is 10.3. The van der Waals surface area contributed by atoms with Crippen LogP contribution in [0.4, 0.5) is 0 Å². The third kappa shape index (κ3) is 6.11. The molecule has 2 heteroatoms. The van der Waals surface area contributed by atoms with Crippen molar-refractivity contribution < 1.29 is 4.57 Å². The van der Waals surface area contributed by atoms with Crippen LogP contribution in [0.3, 0.4) is 0 Å². The average Bonchev–Trinajstić information content (AvgIpc) is 1.89. The zero-order valence-electron chi connectivity index (χ0n) is 6.44. The van der Waals surface area contributed by atoms with E-state index in [1.54, 1.807) is 0 Å². The summed E-state index contributed by atoms with van der Waals surface area (Å²) in [5, 5.41) is 0. The summed E-state index contributed by atoms with van der Waals surface area (Å²) in [6, 6.07) is 0. The maximum Gasteiger partial charge on any atom is 0.0759 e. The van der Waals surface area contributed by atoms with Gasteiger partial charge in [-0.1, -0.05) is 26.7 Å². The van der Waals surface area contributed by atoms with Gasteiger partial charge in [0.1, 0.15) is 0 Å². The molecule has 0 bridgehead atoms. The summed E-state index contributed by atoms with van der Waals surface area (Å²) in [7, 11) is -1.15. The molecule has 0 saturated heterocycles. The van der Waals surface area contributed by atoms with Crippen LogP contribution in [-0.4, -0.2) is 12.3 Å². The van der Waals surface area contributed by atoms with Crippen molar-refractivity contribution in [2.24, 2.45) is 0 Å². The summed E-state index contributed by atoms with van der Waals surface area (Å²) in [6.45, 7) is 4.18. The molecule has 1 unspecified atom stereocenters. The minimum atomic E-state index is -1.15. The van der Waals surface area contributed by atoms with Crippen molar-refractivity contribution in [3.8, 4) is 0 Å². The van der Waals surface area contributed by atoms with E-state index in [0.717, 1.165) is 12.3 Å². The van der Waals surface area contributed by atoms with Crippen LogP contribution in [0.25, 0.3) is 0 Å². The van der Waals surface area contributed by atoms with E-state index in [1.165, 1.54) is 19.3 Å². The van der Waals surface area contributed by atoms with E-state index in [4.69, 9.17) is 0 Å². The molecular weight excluding hydrogens is 131 g/mol. The van der Waals surface area contributed by atoms with E-state index < -0.39 is 7.80 Å². The molecule has 0 fully saturated rings. The minimum absolute atomic E-state index is 0.897. The SMILES string of the molecule is CCCCC[PH](=O)CC. The van der Waals surface area contributed by atoms with Crippen LogP contribution in [0.5, 0.6) is 0 Å². The van der Waals surface area contributed by atoms with Crippen molar-refractivity contribution >= 4 is 7.80 Å². The monoisotopic (exact) mass is 148 g/mol. The van der Waals surface area contributed by atoms with Gasteiger partial charge in [-0.25, -0.2) is 0 Å². The Morgan fingerprint density at radius 3 is 2.33 bits per heavy atom. The van der Waals surface area contributed by atoms with Crippen LogP contribution in [0.2, 0.25) is 0 Å². The van der Waals surface area contributed by atoms with Gasteiger partial charge in [0.2, 0.25) is 0 Å². The van der Waals surface area contributed by atoms with Gasteiger partial charge < -0.3 is 4.57 Å². The maximum atomic E-state index is 10.9. The second kappa shape index (κ2) is 6.35. The van der Waals surface area contributed by atoms with Crippen LogP contribution < -0.4 is 0 Å². The highest BCUT2D eigenvalue weighted by atomic mass is 31.1. The fourth-order valence-electron chi connectivity index (χ4n) is 0.749. The first-order chi connectivity index (χ1) is 4.31. The quantitative estimate of drug-likeness (QED) is 0.432. The van der Waals surface area contributed by atoms with Crippen molar-refractivity contribution in [2.75, 3.05) is 12.3 Å². The van der Waals surface area contributed by atoms with Crippen LogP contribution in [0, 0.1) is 0 Å². The molecule has 56 valence electrons. The summed E-state index contributed by atoms with van der Waals surface area (Å²) in [6.07, 6.45) is 5.53. The molecular formula is C7H17OP. The van der Waals surface area contributed by atoms with Crippen molar-refractivity contribution in [3.63, 3.8) is 0 Å². The van der Waals surface area contributed by atoms with Crippen LogP contribution in [-0.2, 0) is 4.57 Å². The highest BCUT2D eigenvalue weighted by Crippen LogP contribution is 2.20. The molecule has 0 spiro atoms. The van der Waals surface area contributed by atoms with Gasteiger partial charge in [-0.15, -0.1) is 0 Å². The van der Waals surface area contributed by atoms with Gasteiger partial charge in [0.25, 0.3) is 0 Å². The van der Waals surface area contributed by atoms with Crippen LogP contribution in [0.1, 0.15) is 33.1 Å². The summed E-state index contributed by atoms with van der Waals surface area (Å²) >= 11 is 0. The smallest absolute Gasteiger partial charge is 0.0759 e. The first kappa shape index (κ1) is 9.23. The van der Waals surface area contributed by atoms with E-state index in [1.807, 2.05) is 6.92 Å². The zero-order valence-corrected chi connectivity index (χ0v) is 7.44. The van der Waals surface area contributed by atoms with Gasteiger partial charge in [-0.05, 0) is 18.7 Å². The third-order valence-corrected chi connectivity index (χ3v) is 3.15. The van der Waals surface area contributed by atoms with Gasteiger partial charge in [0, 0.05) is 0 Å². The minimum Gasteiger partial charge on any atom is -0.327 e. The Morgan fingerprint density at radius 2 is 1.89 bits per heavy atom. The van der Waals surface area contributed by atoms with E-state index in [0.29, 0.717) is 0 Å². The van der Waals surface area contributed by atoms with Crippen molar-refractivity contribution in [2.45, 2.75) is 33.1 Å². The first-order valence-corrected chi connectivity index (χ1v) is 5.65. The Balaban J connectivity index is 2.97. The van der Waals surface area contributed by atoms with Gasteiger partial charge in [-0.3, -0.25) is 0 Å². The molecule has 0 aromatic carbocycles. The van der Waals surface area contributed by atoms with Gasteiger partial charge in [0.05, 0.1) is 7.80 Å². The highest BCUT2D eigenvalue weighted by molar-refractivity contribution is 7.44. The largest absolute Gasteiger partial charge is 0.327 e. The average molecular weight is 148 g/mol. The molecule has 0 amide bonds. The number of unbranched alkanes of at least 4 members (excludes halogenated alkanes) is 2. The topological polar surface area (TPSA) is 17.1 Å². The lowest BCUT2D eigenvalue weighted by Crippen LogP contribution is -1.79. The van der Waals surface area contributed by atoms with Gasteiger partial charge >= 0.3 is 0 Å². The predicted octanol–water partition coefficient (Wildman–Crippen LogP) is 2.76. The molecule has 0 heterocycles. The number of rotatable bonds is 5. The lowest BCUT2D eigenvalue weighted by Gasteiger charge is -1.95. The molecule has 0 aromatic heterocycles. The molecule has 0 N–H and O–H groups in total. The maximum absolute atomic E-state index is 10.9. The Bertz CT molecular complexity index is 81.0. The summed E-state index contributed by atoms with van der Waals surface area (Å²) in [5.74, 6) is 0. The molecule has 9 heavy (non-hydrogen) atoms. The Hall–Kier alpha value is 0.230. The summed E-state index contributed by atoms with van der Waals surface area (Å²) in [5.41, 5.74) is 0. The Kier molecular flexibility index (Phi) is 6.51. The predicted molar refractivity (Wildman–Crippen MR) is 43.9 cm³/mol. The summed E-state index contributed by atoms with van der Waals surface area (Å²) in [4.78, 5) is 0. The highest BCUT2D eigenvalue weighted by Gasteiger charge is 1.93. The molecule has 0 aromatic rings. The normalized spacial score (nSPS) is 13.6. The Morgan fingerprint density at radius 1 is 1.22 bits per heavy atom. The second-order valence-electron chi connectivity index (χ2n) is 2.35. The fraction of sp³-hybridized carbons (Fsp3) is 1.00. The van der Waals surface area contributed by atoms with Crippen molar-refractivity contribution in [3.05, 3.63) is 0 Å². The zero-order chi connectivity index (χ0) is 7.11. The van der Waals surface area contributed by atoms with E-state index >= 15 is 0 Å². The third-order valence-electron chi connectivity index (χ3n) is 1.45. The molecule has 0 aliphatic heterocycles. The van der Waals surface area contributed by atoms with Gasteiger partial charge in [0.15, 0.2) is 0 Å². The molecule has 0 rings (SSSR count).